The predicted molar refractivity (Wildman–Crippen MR) is 130 cm³/mol. The van der Waals surface area contributed by atoms with E-state index in [-0.39, 0.29) is 11.8 Å². The summed E-state index contributed by atoms with van der Waals surface area (Å²) >= 11 is 0. The van der Waals surface area contributed by atoms with Gasteiger partial charge >= 0.3 is 0 Å². The van der Waals surface area contributed by atoms with Crippen LogP contribution in [0.3, 0.4) is 0 Å². The van der Waals surface area contributed by atoms with Crippen LogP contribution in [-0.2, 0) is 0 Å². The Kier molecular flexibility index (Phi) is 4.54. The Morgan fingerprint density at radius 3 is 1.79 bits per heavy atom. The highest BCUT2D eigenvalue weighted by atomic mass is 16.2. The maximum absolute atomic E-state index is 13.5. The number of unbranched alkanes of at least 4 members (excludes halogenated alkanes) is 1. The van der Waals surface area contributed by atoms with Crippen molar-refractivity contribution < 1.29 is 9.59 Å². The molecule has 2 aliphatic rings. The maximum atomic E-state index is 13.5. The van der Waals surface area contributed by atoms with E-state index in [1.165, 1.54) is 4.90 Å². The van der Waals surface area contributed by atoms with Crippen molar-refractivity contribution in [3.8, 4) is 22.5 Å². The monoisotopic (exact) mass is 435 g/mol. The summed E-state index contributed by atoms with van der Waals surface area (Å²) in [5, 5.41) is 1.68. The molecule has 0 N–H and O–H groups in total. The van der Waals surface area contributed by atoms with Gasteiger partial charge in [-0.3, -0.25) is 14.5 Å². The molecule has 164 valence electrons. The summed E-state index contributed by atoms with van der Waals surface area (Å²) < 4.78 is 0. The molecule has 5 nitrogen and oxygen atoms in total. The summed E-state index contributed by atoms with van der Waals surface area (Å²) in [4.78, 5) is 38.3. The molecule has 4 aromatic rings. The van der Waals surface area contributed by atoms with E-state index < -0.39 is 0 Å². The van der Waals surface area contributed by atoms with Gasteiger partial charge in [0.25, 0.3) is 11.8 Å². The van der Waals surface area contributed by atoms with Crippen LogP contribution < -0.4 is 0 Å². The van der Waals surface area contributed by atoms with E-state index in [0.29, 0.717) is 23.6 Å². The largest absolute Gasteiger partial charge is 0.274 e. The Hall–Kier alpha value is -3.60. The summed E-state index contributed by atoms with van der Waals surface area (Å²) in [6, 6.07) is 15.5. The summed E-state index contributed by atoms with van der Waals surface area (Å²) in [5.41, 5.74) is 6.42. The van der Waals surface area contributed by atoms with E-state index in [4.69, 9.17) is 9.97 Å². The van der Waals surface area contributed by atoms with Gasteiger partial charge in [-0.15, -0.1) is 0 Å². The van der Waals surface area contributed by atoms with Crippen molar-refractivity contribution in [2.75, 3.05) is 6.54 Å². The third kappa shape index (κ3) is 2.85. The number of benzene rings is 3. The SMILES string of the molecule is CCCCC(CC)CN1C(=O)c2ccc3c4c(ccc(c24)C1=O)-c1nc2ccccc2nc1-3. The Morgan fingerprint density at radius 1 is 0.758 bits per heavy atom. The lowest BCUT2D eigenvalue weighted by molar-refractivity contribution is 0.0580. The first-order valence-corrected chi connectivity index (χ1v) is 11.9. The first kappa shape index (κ1) is 20.0. The van der Waals surface area contributed by atoms with Crippen molar-refractivity contribution in [3.05, 3.63) is 59.7 Å². The van der Waals surface area contributed by atoms with E-state index in [9.17, 15) is 9.59 Å². The lowest BCUT2D eigenvalue weighted by Gasteiger charge is -2.30. The van der Waals surface area contributed by atoms with Gasteiger partial charge in [0.05, 0.1) is 22.4 Å². The molecule has 1 aliphatic carbocycles. The molecule has 1 unspecified atom stereocenters. The fraction of sp³-hybridized carbons (Fsp3) is 0.286. The van der Waals surface area contributed by atoms with Crippen LogP contribution in [0.15, 0.2) is 48.5 Å². The van der Waals surface area contributed by atoms with Crippen LogP contribution in [0.4, 0.5) is 0 Å². The predicted octanol–water partition coefficient (Wildman–Crippen LogP) is 6.24. The summed E-state index contributed by atoms with van der Waals surface area (Å²) in [6.07, 6.45) is 4.21. The van der Waals surface area contributed by atoms with Crippen molar-refractivity contribution in [2.24, 2.45) is 5.92 Å². The molecule has 0 saturated heterocycles. The molecule has 33 heavy (non-hydrogen) atoms. The van der Waals surface area contributed by atoms with E-state index in [0.717, 1.165) is 70.0 Å². The molecule has 0 fully saturated rings. The number of para-hydroxylation sites is 2. The highest BCUT2D eigenvalue weighted by Gasteiger charge is 2.37. The zero-order chi connectivity index (χ0) is 22.7. The second-order valence-corrected chi connectivity index (χ2v) is 9.12. The van der Waals surface area contributed by atoms with Crippen LogP contribution in [0.25, 0.3) is 44.3 Å². The van der Waals surface area contributed by atoms with E-state index >= 15 is 0 Å². The molecule has 5 heteroatoms. The molecule has 0 saturated carbocycles. The van der Waals surface area contributed by atoms with E-state index in [1.807, 2.05) is 48.5 Å². The quantitative estimate of drug-likeness (QED) is 0.296. The minimum atomic E-state index is -0.187. The number of aromatic nitrogens is 2. The highest BCUT2D eigenvalue weighted by Crippen LogP contribution is 2.48. The number of amides is 2. The number of carbonyl (C=O) groups excluding carboxylic acids is 2. The minimum Gasteiger partial charge on any atom is -0.274 e. The van der Waals surface area contributed by atoms with Crippen LogP contribution in [0.5, 0.6) is 0 Å². The number of fused-ring (bicyclic) bond motifs is 4. The number of hydrogen-bond donors (Lipinski definition) is 0. The Bertz CT molecular complexity index is 1380. The third-order valence-corrected chi connectivity index (χ3v) is 7.18. The maximum Gasteiger partial charge on any atom is 0.261 e. The number of rotatable bonds is 6. The molecule has 1 atom stereocenters. The number of imide groups is 1. The fourth-order valence-corrected chi connectivity index (χ4v) is 5.35. The van der Waals surface area contributed by atoms with Gasteiger partial charge in [0.15, 0.2) is 0 Å². The zero-order valence-corrected chi connectivity index (χ0v) is 18.9. The van der Waals surface area contributed by atoms with Gasteiger partial charge in [-0.05, 0) is 36.6 Å². The van der Waals surface area contributed by atoms with Gasteiger partial charge in [-0.2, -0.15) is 0 Å². The molecule has 0 radical (unpaired) electrons. The molecule has 1 aliphatic heterocycles. The van der Waals surface area contributed by atoms with Crippen LogP contribution in [0.2, 0.25) is 0 Å². The molecular formula is C28H25N3O2. The molecular weight excluding hydrogens is 410 g/mol. The van der Waals surface area contributed by atoms with Gasteiger partial charge in [-0.1, -0.05) is 57.4 Å². The van der Waals surface area contributed by atoms with Crippen LogP contribution in [-0.4, -0.2) is 33.2 Å². The number of nitrogens with zero attached hydrogens (tertiary/aromatic N) is 3. The van der Waals surface area contributed by atoms with Crippen molar-refractivity contribution in [3.63, 3.8) is 0 Å². The Morgan fingerprint density at radius 2 is 1.27 bits per heavy atom. The first-order chi connectivity index (χ1) is 16.1. The number of carbonyl (C=O) groups is 2. The molecule has 3 aromatic carbocycles. The Balaban J connectivity index is 1.50. The lowest BCUT2D eigenvalue weighted by Crippen LogP contribution is -2.43. The molecule has 6 rings (SSSR count). The Labute approximate surface area is 192 Å². The zero-order valence-electron chi connectivity index (χ0n) is 18.9. The minimum absolute atomic E-state index is 0.187. The van der Waals surface area contributed by atoms with Crippen molar-refractivity contribution in [1.29, 1.82) is 0 Å². The van der Waals surface area contributed by atoms with Crippen molar-refractivity contribution in [1.82, 2.24) is 14.9 Å². The molecule has 1 aromatic heterocycles. The number of hydrogen-bond acceptors (Lipinski definition) is 4. The molecule has 2 amide bonds. The molecule has 0 spiro atoms. The van der Waals surface area contributed by atoms with Gasteiger partial charge in [0, 0.05) is 39.6 Å². The third-order valence-electron chi connectivity index (χ3n) is 7.18. The van der Waals surface area contributed by atoms with Crippen LogP contribution in [0.1, 0.15) is 60.2 Å². The average Bonchev–Trinajstić information content (AvgIpc) is 3.16. The standard InChI is InChI=1S/C28H25N3O2/c1-3-5-8-16(4-2)15-31-27(32)19-13-11-17-23-18(12-14-20(24(19)23)28(31)33)26-25(17)29-21-9-6-7-10-22(21)30-26/h6-7,9-14,16H,3-5,8,15H2,1-2H3. The van der Waals surface area contributed by atoms with Gasteiger partial charge in [0.2, 0.25) is 0 Å². The van der Waals surface area contributed by atoms with Gasteiger partial charge < -0.3 is 0 Å². The summed E-state index contributed by atoms with van der Waals surface area (Å²) in [5.74, 6) is -0.0458. The topological polar surface area (TPSA) is 63.2 Å². The second-order valence-electron chi connectivity index (χ2n) is 9.12. The van der Waals surface area contributed by atoms with Crippen molar-refractivity contribution in [2.45, 2.75) is 39.5 Å². The van der Waals surface area contributed by atoms with Crippen molar-refractivity contribution >= 4 is 33.6 Å². The second kappa shape index (κ2) is 7.48. The fourth-order valence-electron chi connectivity index (χ4n) is 5.35. The lowest BCUT2D eigenvalue weighted by atomic mass is 9.89. The van der Waals surface area contributed by atoms with Crippen LogP contribution >= 0.6 is 0 Å². The summed E-state index contributed by atoms with van der Waals surface area (Å²) in [6.45, 7) is 4.78. The van der Waals surface area contributed by atoms with E-state index in [1.54, 1.807) is 0 Å². The average molecular weight is 436 g/mol. The van der Waals surface area contributed by atoms with E-state index in [2.05, 4.69) is 13.8 Å². The molecule has 0 bridgehead atoms. The van der Waals surface area contributed by atoms with Crippen LogP contribution in [0, 0.1) is 5.92 Å². The highest BCUT2D eigenvalue weighted by molar-refractivity contribution is 6.30. The van der Waals surface area contributed by atoms with Gasteiger partial charge in [0.1, 0.15) is 0 Å². The first-order valence-electron chi connectivity index (χ1n) is 11.9. The smallest absolute Gasteiger partial charge is 0.261 e. The van der Waals surface area contributed by atoms with Gasteiger partial charge in [-0.25, -0.2) is 9.97 Å². The molecule has 2 heterocycles. The normalized spacial score (nSPS) is 14.9. The summed E-state index contributed by atoms with van der Waals surface area (Å²) in [7, 11) is 0.